The Morgan fingerprint density at radius 1 is 1.29 bits per heavy atom. The van der Waals surface area contributed by atoms with Crippen molar-refractivity contribution in [3.05, 3.63) is 29.8 Å². The van der Waals surface area contributed by atoms with E-state index in [1.807, 2.05) is 19.1 Å². The van der Waals surface area contributed by atoms with Gasteiger partial charge in [0, 0.05) is 25.3 Å². The number of rotatable bonds is 6. The number of anilines is 1. The number of nitriles is 1. The highest BCUT2D eigenvalue weighted by Crippen LogP contribution is 2.14. The summed E-state index contributed by atoms with van der Waals surface area (Å²) in [4.78, 5) is 16.2. The van der Waals surface area contributed by atoms with E-state index < -0.39 is 0 Å². The number of likely N-dealkylation sites (tertiary alicyclic amines) is 1. The van der Waals surface area contributed by atoms with E-state index in [-0.39, 0.29) is 12.1 Å². The second kappa shape index (κ2) is 9.29. The predicted molar refractivity (Wildman–Crippen MR) is 96.9 cm³/mol. The van der Waals surface area contributed by atoms with E-state index in [1.54, 1.807) is 11.9 Å². The van der Waals surface area contributed by atoms with E-state index in [0.717, 1.165) is 18.7 Å². The van der Waals surface area contributed by atoms with Crippen molar-refractivity contribution in [1.82, 2.24) is 9.80 Å². The zero-order valence-corrected chi connectivity index (χ0v) is 14.8. The average Bonchev–Trinajstić information content (AvgIpc) is 2.61. The van der Waals surface area contributed by atoms with Crippen LogP contribution in [0.3, 0.4) is 0 Å². The van der Waals surface area contributed by atoms with Gasteiger partial charge in [-0.25, -0.2) is 4.79 Å². The number of nitrogens with one attached hydrogen (secondary N) is 1. The lowest BCUT2D eigenvalue weighted by molar-refractivity contribution is 0.208. The quantitative estimate of drug-likeness (QED) is 0.869. The molecule has 1 atom stereocenters. The number of benzene rings is 1. The van der Waals surface area contributed by atoms with Gasteiger partial charge < -0.3 is 15.1 Å². The molecule has 130 valence electrons. The first-order valence-corrected chi connectivity index (χ1v) is 8.82. The fourth-order valence-electron chi connectivity index (χ4n) is 2.91. The van der Waals surface area contributed by atoms with Crippen molar-refractivity contribution in [3.63, 3.8) is 0 Å². The Bertz CT molecular complexity index is 558. The monoisotopic (exact) mass is 328 g/mol. The van der Waals surface area contributed by atoms with Gasteiger partial charge in [0.05, 0.1) is 12.5 Å². The summed E-state index contributed by atoms with van der Waals surface area (Å²) in [5.41, 5.74) is 2.09. The molecule has 1 aromatic carbocycles. The lowest BCUT2D eigenvalue weighted by Crippen LogP contribution is -2.38. The Labute approximate surface area is 145 Å². The maximum Gasteiger partial charge on any atom is 0.321 e. The molecule has 5 nitrogen and oxygen atoms in total. The molecule has 0 saturated carbocycles. The molecule has 1 aliphatic rings. The van der Waals surface area contributed by atoms with Crippen LogP contribution in [0.4, 0.5) is 10.5 Å². The molecule has 1 aromatic rings. The van der Waals surface area contributed by atoms with E-state index in [0.29, 0.717) is 6.42 Å². The van der Waals surface area contributed by atoms with Crippen molar-refractivity contribution < 1.29 is 4.79 Å². The minimum Gasteiger partial charge on any atom is -0.324 e. The first kappa shape index (κ1) is 18.3. The van der Waals surface area contributed by atoms with Crippen LogP contribution in [0.15, 0.2) is 24.3 Å². The highest BCUT2D eigenvalue weighted by atomic mass is 16.2. The third-order valence-corrected chi connectivity index (χ3v) is 4.74. The van der Waals surface area contributed by atoms with Gasteiger partial charge in [-0.1, -0.05) is 18.6 Å². The Morgan fingerprint density at radius 2 is 1.96 bits per heavy atom. The largest absolute Gasteiger partial charge is 0.324 e. The second-order valence-electron chi connectivity index (χ2n) is 6.60. The van der Waals surface area contributed by atoms with E-state index in [2.05, 4.69) is 28.4 Å². The molecule has 1 fully saturated rings. The third-order valence-electron chi connectivity index (χ3n) is 4.74. The minimum atomic E-state index is -0.182. The summed E-state index contributed by atoms with van der Waals surface area (Å²) >= 11 is 0. The summed E-state index contributed by atoms with van der Waals surface area (Å²) in [6, 6.07) is 9.87. The molecule has 0 aliphatic carbocycles. The summed E-state index contributed by atoms with van der Waals surface area (Å²) in [5, 5.41) is 11.6. The number of nitrogens with zero attached hydrogens (tertiary/aromatic N) is 3. The molecule has 0 spiro atoms. The predicted octanol–water partition coefficient (Wildman–Crippen LogP) is 3.48. The fourth-order valence-corrected chi connectivity index (χ4v) is 2.91. The van der Waals surface area contributed by atoms with Gasteiger partial charge >= 0.3 is 6.03 Å². The maximum atomic E-state index is 12.1. The number of amides is 2. The second-order valence-corrected chi connectivity index (χ2v) is 6.60. The molecule has 1 heterocycles. The van der Waals surface area contributed by atoms with Gasteiger partial charge in [0.2, 0.25) is 0 Å². The molecule has 0 radical (unpaired) electrons. The average molecular weight is 328 g/mol. The highest BCUT2D eigenvalue weighted by Gasteiger charge is 2.15. The topological polar surface area (TPSA) is 59.4 Å². The smallest absolute Gasteiger partial charge is 0.321 e. The van der Waals surface area contributed by atoms with Crippen molar-refractivity contribution in [2.75, 3.05) is 32.0 Å². The van der Waals surface area contributed by atoms with E-state index in [9.17, 15) is 4.79 Å². The van der Waals surface area contributed by atoms with Crippen LogP contribution in [0, 0.1) is 11.3 Å². The van der Waals surface area contributed by atoms with Crippen molar-refractivity contribution in [2.45, 2.75) is 45.1 Å². The summed E-state index contributed by atoms with van der Waals surface area (Å²) < 4.78 is 0. The third kappa shape index (κ3) is 5.54. The van der Waals surface area contributed by atoms with Crippen LogP contribution in [-0.2, 0) is 6.42 Å². The number of carbonyl (C=O) groups excluding carboxylic acids is 1. The van der Waals surface area contributed by atoms with Gasteiger partial charge in [-0.05, 0) is 57.0 Å². The summed E-state index contributed by atoms with van der Waals surface area (Å²) in [6.07, 6.45) is 5.39. The fraction of sp³-hybridized carbons (Fsp3) is 0.579. The van der Waals surface area contributed by atoms with Gasteiger partial charge in [-0.2, -0.15) is 5.26 Å². The van der Waals surface area contributed by atoms with Gasteiger partial charge in [0.1, 0.15) is 0 Å². The first-order chi connectivity index (χ1) is 11.6. The Hall–Kier alpha value is -2.06. The zero-order chi connectivity index (χ0) is 17.4. The Kier molecular flexibility index (Phi) is 7.07. The van der Waals surface area contributed by atoms with Crippen molar-refractivity contribution >= 4 is 11.7 Å². The van der Waals surface area contributed by atoms with E-state index >= 15 is 0 Å². The summed E-state index contributed by atoms with van der Waals surface area (Å²) in [7, 11) is 1.71. The summed E-state index contributed by atoms with van der Waals surface area (Å²) in [6.45, 7) is 5.43. The maximum absolute atomic E-state index is 12.1. The van der Waals surface area contributed by atoms with Crippen LogP contribution in [0.25, 0.3) is 0 Å². The lowest BCUT2D eigenvalue weighted by Gasteiger charge is -2.26. The highest BCUT2D eigenvalue weighted by molar-refractivity contribution is 5.89. The molecule has 1 N–H and O–H groups in total. The van der Waals surface area contributed by atoms with Crippen LogP contribution >= 0.6 is 0 Å². The van der Waals surface area contributed by atoms with E-state index in [4.69, 9.17) is 5.26 Å². The van der Waals surface area contributed by atoms with Gasteiger partial charge in [-0.15, -0.1) is 0 Å². The van der Waals surface area contributed by atoms with Gasteiger partial charge in [-0.3, -0.25) is 0 Å². The molecule has 1 aliphatic heterocycles. The molecule has 1 saturated heterocycles. The van der Waals surface area contributed by atoms with Crippen LogP contribution in [0.1, 0.15) is 38.2 Å². The SMILES string of the molecule is C[C@H](CC#N)N(C)C(=O)Nc1ccc(CCN2CCCCC2)cc1. The normalized spacial score (nSPS) is 16.2. The van der Waals surface area contributed by atoms with Crippen molar-refractivity contribution in [3.8, 4) is 6.07 Å². The molecule has 0 unspecified atom stereocenters. The Morgan fingerprint density at radius 3 is 2.58 bits per heavy atom. The van der Waals surface area contributed by atoms with E-state index in [1.165, 1.54) is 37.9 Å². The first-order valence-electron chi connectivity index (χ1n) is 8.82. The zero-order valence-electron chi connectivity index (χ0n) is 14.8. The van der Waals surface area contributed by atoms with Crippen LogP contribution in [0.2, 0.25) is 0 Å². The van der Waals surface area contributed by atoms with Crippen LogP contribution in [-0.4, -0.2) is 48.6 Å². The van der Waals surface area contributed by atoms with Crippen LogP contribution < -0.4 is 5.32 Å². The molecular weight excluding hydrogens is 300 g/mol. The van der Waals surface area contributed by atoms with Crippen molar-refractivity contribution in [2.24, 2.45) is 0 Å². The molecule has 24 heavy (non-hydrogen) atoms. The van der Waals surface area contributed by atoms with Crippen LogP contribution in [0.5, 0.6) is 0 Å². The molecule has 2 rings (SSSR count). The minimum absolute atomic E-state index is 0.0983. The number of hydrogen-bond acceptors (Lipinski definition) is 3. The van der Waals surface area contributed by atoms with Gasteiger partial charge in [0.15, 0.2) is 0 Å². The van der Waals surface area contributed by atoms with Crippen molar-refractivity contribution in [1.29, 1.82) is 5.26 Å². The lowest BCUT2D eigenvalue weighted by atomic mass is 10.1. The number of piperidine rings is 1. The Balaban J connectivity index is 1.80. The standard InChI is InChI=1S/C19H28N4O/c1-16(10-12-20)22(2)19(24)21-18-8-6-17(7-9-18)11-15-23-13-4-3-5-14-23/h6-9,16H,3-5,10-11,13-15H2,1-2H3,(H,21,24)/t16-/m1/s1. The molecule has 0 bridgehead atoms. The number of carbonyl (C=O) groups is 1. The molecule has 0 aromatic heterocycles. The number of urea groups is 1. The summed E-state index contributed by atoms with van der Waals surface area (Å²) in [5.74, 6) is 0. The molecular formula is C19H28N4O. The molecule has 2 amide bonds. The van der Waals surface area contributed by atoms with Gasteiger partial charge in [0.25, 0.3) is 0 Å². The number of hydrogen-bond donors (Lipinski definition) is 1. The molecule has 5 heteroatoms.